The Morgan fingerprint density at radius 3 is 2.72 bits per heavy atom. The van der Waals surface area contributed by atoms with Gasteiger partial charge in [0, 0.05) is 44.0 Å². The van der Waals surface area contributed by atoms with E-state index in [4.69, 9.17) is 4.74 Å². The van der Waals surface area contributed by atoms with Crippen molar-refractivity contribution in [2.45, 2.75) is 26.4 Å². The number of rotatable bonds is 2. The average molecular weight is 521 g/mol. The van der Waals surface area contributed by atoms with Crippen LogP contribution in [0.25, 0.3) is 22.2 Å². The number of nitrogens with zero attached hydrogens (tertiary/aromatic N) is 5. The number of carbonyl (C=O) groups excluding carboxylic acids is 1. The fourth-order valence-corrected chi connectivity index (χ4v) is 2.14. The van der Waals surface area contributed by atoms with E-state index in [-0.39, 0.29) is 25.8 Å². The van der Waals surface area contributed by atoms with Gasteiger partial charge < -0.3 is 14.9 Å². The summed E-state index contributed by atoms with van der Waals surface area (Å²) < 4.78 is 6.28. The van der Waals surface area contributed by atoms with Gasteiger partial charge in [-0.3, -0.25) is 10.1 Å². The van der Waals surface area contributed by atoms with Gasteiger partial charge in [0.2, 0.25) is 0 Å². The van der Waals surface area contributed by atoms with E-state index in [0.717, 1.165) is 4.68 Å². The number of hydrogen-bond acceptors (Lipinski definition) is 6. The Labute approximate surface area is 155 Å². The zero-order valence-corrected chi connectivity index (χ0v) is 16.0. The van der Waals surface area contributed by atoms with Crippen molar-refractivity contribution in [2.24, 2.45) is 0 Å². The number of benzene rings is 1. The van der Waals surface area contributed by atoms with E-state index in [2.05, 4.69) is 15.3 Å². The van der Waals surface area contributed by atoms with Crippen molar-refractivity contribution < 1.29 is 34.6 Å². The van der Waals surface area contributed by atoms with Crippen molar-refractivity contribution in [1.82, 2.24) is 20.0 Å². The Morgan fingerprint density at radius 2 is 2.08 bits per heavy atom. The van der Waals surface area contributed by atoms with Gasteiger partial charge in [0.05, 0.1) is 16.8 Å². The summed E-state index contributed by atoms with van der Waals surface area (Å²) in [4.78, 5) is 22.4. The quantitative estimate of drug-likeness (QED) is 0.377. The largest absolute Gasteiger partial charge is 0.574 e. The second kappa shape index (κ2) is 6.73. The summed E-state index contributed by atoms with van der Waals surface area (Å²) in [6, 6.07) is 4.29. The van der Waals surface area contributed by atoms with Gasteiger partial charge in [-0.25, -0.2) is 4.79 Å². The zero-order valence-electron chi connectivity index (χ0n) is 13.6. The molecule has 0 atom stereocenters. The Morgan fingerprint density at radius 1 is 1.36 bits per heavy atom. The second-order valence-corrected chi connectivity index (χ2v) is 6.16. The van der Waals surface area contributed by atoms with Gasteiger partial charge in [-0.05, 0) is 26.2 Å². The number of fused-ring (bicyclic) bond motifs is 1. The van der Waals surface area contributed by atoms with Crippen LogP contribution in [0.4, 0.5) is 10.5 Å². The first-order valence-electron chi connectivity index (χ1n) is 7.10. The Hall–Kier alpha value is -2.58. The summed E-state index contributed by atoms with van der Waals surface area (Å²) in [5.74, 6) is 0. The van der Waals surface area contributed by atoms with Gasteiger partial charge in [-0.2, -0.15) is 9.78 Å². The minimum absolute atomic E-state index is 0. The molecule has 25 heavy (non-hydrogen) atoms. The number of nitro groups is 1. The van der Waals surface area contributed by atoms with E-state index in [1.165, 1.54) is 30.6 Å². The fourth-order valence-electron chi connectivity index (χ4n) is 2.14. The van der Waals surface area contributed by atoms with Crippen LogP contribution in [0.15, 0.2) is 30.6 Å². The van der Waals surface area contributed by atoms with Crippen LogP contribution < -0.4 is 5.10 Å². The Balaban J connectivity index is 0.00000225. The molecule has 9 nitrogen and oxygen atoms in total. The number of nitro benzene ring substituents is 1. The van der Waals surface area contributed by atoms with Gasteiger partial charge in [-0.15, -0.1) is 5.52 Å². The van der Waals surface area contributed by atoms with Crippen LogP contribution in [0, 0.1) is 10.1 Å². The third-order valence-electron chi connectivity index (χ3n) is 3.14. The standard InChI is InChI=1S/C15H14N5O4.Ir/c1-15(2,3)24-14(21)19-8-9(7-16-19)13-11-6-10(20(22)23)4-5-12(11)17-18-13;/h4-8H,1-3H3;/q-1;. The molecule has 0 N–H and O–H groups in total. The van der Waals surface area contributed by atoms with E-state index in [0.29, 0.717) is 22.2 Å². The average Bonchev–Trinajstić information content (AvgIpc) is 3.11. The maximum absolute atomic E-state index is 12.0. The van der Waals surface area contributed by atoms with Gasteiger partial charge in [0.15, 0.2) is 0 Å². The van der Waals surface area contributed by atoms with Crippen LogP contribution in [0.2, 0.25) is 0 Å². The molecule has 10 heteroatoms. The second-order valence-electron chi connectivity index (χ2n) is 6.16. The Kier molecular flexibility index (Phi) is 5.05. The van der Waals surface area contributed by atoms with Gasteiger partial charge in [-0.1, -0.05) is 6.07 Å². The number of aromatic nitrogens is 4. The predicted molar refractivity (Wildman–Crippen MR) is 84.6 cm³/mol. The molecule has 3 aromatic rings. The maximum Gasteiger partial charge on any atom is 0.435 e. The van der Waals surface area contributed by atoms with Crippen LogP contribution in [0.3, 0.4) is 0 Å². The third-order valence-corrected chi connectivity index (χ3v) is 3.14. The van der Waals surface area contributed by atoms with E-state index in [1.54, 1.807) is 20.8 Å². The first-order valence-corrected chi connectivity index (χ1v) is 7.10. The van der Waals surface area contributed by atoms with E-state index < -0.39 is 16.6 Å². The first-order chi connectivity index (χ1) is 11.2. The summed E-state index contributed by atoms with van der Waals surface area (Å²) >= 11 is 0. The molecule has 133 valence electrons. The smallest absolute Gasteiger partial charge is 0.435 e. The summed E-state index contributed by atoms with van der Waals surface area (Å²) in [5, 5.41) is 23.4. The number of non-ortho nitro benzene ring substituents is 1. The Bertz CT molecular complexity index is 941. The van der Waals surface area contributed by atoms with E-state index in [1.807, 2.05) is 0 Å². The fraction of sp³-hybridized carbons (Fsp3) is 0.267. The molecule has 1 radical (unpaired) electrons. The van der Waals surface area contributed by atoms with E-state index in [9.17, 15) is 14.9 Å². The van der Waals surface area contributed by atoms with Crippen LogP contribution in [0.1, 0.15) is 20.8 Å². The van der Waals surface area contributed by atoms with Gasteiger partial charge in [0.25, 0.3) is 5.69 Å². The molecule has 0 amide bonds. The topological polar surface area (TPSA) is 114 Å². The molecule has 1 aromatic carbocycles. The molecular formula is C15H14IrN5O4-. The molecule has 2 aromatic heterocycles. The number of carbonyl (C=O) groups is 1. The van der Waals surface area contributed by atoms with Crippen molar-refractivity contribution in [2.75, 3.05) is 0 Å². The summed E-state index contributed by atoms with van der Waals surface area (Å²) in [7, 11) is 0. The molecule has 0 bridgehead atoms. The van der Waals surface area contributed by atoms with Crippen molar-refractivity contribution >= 4 is 22.7 Å². The van der Waals surface area contributed by atoms with Crippen molar-refractivity contribution in [3.05, 3.63) is 40.7 Å². The molecular weight excluding hydrogens is 506 g/mol. The summed E-state index contributed by atoms with van der Waals surface area (Å²) in [5.41, 5.74) is 0.766. The molecule has 0 aliphatic rings. The normalized spacial score (nSPS) is 11.2. The molecule has 0 aliphatic carbocycles. The number of hydrogen-bond donors (Lipinski definition) is 0. The van der Waals surface area contributed by atoms with Crippen molar-refractivity contribution in [3.8, 4) is 11.3 Å². The van der Waals surface area contributed by atoms with Crippen LogP contribution in [-0.4, -0.2) is 31.5 Å². The molecule has 0 aliphatic heterocycles. The third kappa shape index (κ3) is 3.92. The predicted octanol–water partition coefficient (Wildman–Crippen LogP) is 2.74. The summed E-state index contributed by atoms with van der Waals surface area (Å²) in [6.07, 6.45) is 2.27. The molecule has 0 saturated heterocycles. The molecule has 3 rings (SSSR count). The minimum Gasteiger partial charge on any atom is -0.574 e. The number of ether oxygens (including phenoxy) is 1. The van der Waals surface area contributed by atoms with Gasteiger partial charge >= 0.3 is 6.09 Å². The van der Waals surface area contributed by atoms with Crippen molar-refractivity contribution in [3.63, 3.8) is 0 Å². The SMILES string of the molecule is CC(C)(C)OC(=O)n1cc(-c2n[n-]c3ccc([N+](=O)[O-])cc23)cn1.[Ir]. The monoisotopic (exact) mass is 521 g/mol. The van der Waals surface area contributed by atoms with Crippen LogP contribution in [-0.2, 0) is 24.8 Å². The van der Waals surface area contributed by atoms with Crippen molar-refractivity contribution in [1.29, 1.82) is 0 Å². The van der Waals surface area contributed by atoms with Gasteiger partial charge in [0.1, 0.15) is 5.60 Å². The molecule has 0 saturated carbocycles. The molecule has 0 spiro atoms. The van der Waals surface area contributed by atoms with Crippen LogP contribution >= 0.6 is 0 Å². The molecule has 2 heterocycles. The van der Waals surface area contributed by atoms with Crippen LogP contribution in [0.5, 0.6) is 0 Å². The summed E-state index contributed by atoms with van der Waals surface area (Å²) in [6.45, 7) is 5.26. The van der Waals surface area contributed by atoms with E-state index >= 15 is 0 Å². The molecule has 0 fully saturated rings. The molecule has 0 unspecified atom stereocenters. The zero-order chi connectivity index (χ0) is 17.5. The minimum atomic E-state index is -0.642. The first kappa shape index (κ1) is 18.8. The maximum atomic E-state index is 12.0.